The lowest BCUT2D eigenvalue weighted by Crippen LogP contribution is -1.98. The van der Waals surface area contributed by atoms with Gasteiger partial charge in [0.25, 0.3) is 0 Å². The molecule has 1 aromatic carbocycles. The Hall–Kier alpha value is -2.66. The summed E-state index contributed by atoms with van der Waals surface area (Å²) in [5, 5.41) is 6.51. The molecule has 0 fully saturated rings. The number of anilines is 1. The molecule has 4 aromatic rings. The number of nitrogen functional groups attached to an aromatic ring is 1. The maximum atomic E-state index is 6.15. The highest BCUT2D eigenvalue weighted by molar-refractivity contribution is 7.13. The van der Waals surface area contributed by atoms with Crippen molar-refractivity contribution in [1.29, 1.82) is 0 Å². The van der Waals surface area contributed by atoms with Crippen LogP contribution in [0.15, 0.2) is 53.9 Å². The third-order valence-corrected chi connectivity index (χ3v) is 4.46. The Bertz CT molecular complexity index is 937. The van der Waals surface area contributed by atoms with Gasteiger partial charge >= 0.3 is 0 Å². The minimum atomic E-state index is 0.586. The van der Waals surface area contributed by atoms with Gasteiger partial charge in [0.05, 0.1) is 4.88 Å². The Balaban J connectivity index is 1.87. The highest BCUT2D eigenvalue weighted by atomic mass is 32.1. The van der Waals surface area contributed by atoms with E-state index in [1.54, 1.807) is 15.9 Å². The summed E-state index contributed by atoms with van der Waals surface area (Å²) in [5.74, 6) is 1.30. The number of benzene rings is 1. The summed E-state index contributed by atoms with van der Waals surface area (Å²) >= 11 is 1.62. The molecule has 5 heteroatoms. The van der Waals surface area contributed by atoms with Crippen LogP contribution in [0.3, 0.4) is 0 Å². The molecule has 0 saturated carbocycles. The van der Waals surface area contributed by atoms with Gasteiger partial charge in [0, 0.05) is 0 Å². The number of rotatable bonds is 2. The fourth-order valence-corrected chi connectivity index (χ4v) is 3.08. The molecule has 3 heterocycles. The van der Waals surface area contributed by atoms with Gasteiger partial charge in [0.1, 0.15) is 5.82 Å². The van der Waals surface area contributed by atoms with E-state index < -0.39 is 0 Å². The van der Waals surface area contributed by atoms with E-state index in [2.05, 4.69) is 41.3 Å². The van der Waals surface area contributed by atoms with Crippen LogP contribution in [0.4, 0.5) is 5.82 Å². The second-order valence-electron chi connectivity index (χ2n) is 5.22. The highest BCUT2D eigenvalue weighted by Crippen LogP contribution is 2.27. The van der Waals surface area contributed by atoms with E-state index in [0.717, 1.165) is 21.7 Å². The van der Waals surface area contributed by atoms with Crippen LogP contribution >= 0.6 is 11.3 Å². The second kappa shape index (κ2) is 4.96. The van der Waals surface area contributed by atoms with Crippen LogP contribution in [0.1, 0.15) is 5.56 Å². The van der Waals surface area contributed by atoms with Crippen molar-refractivity contribution in [3.8, 4) is 21.8 Å². The normalized spacial score (nSPS) is 11.1. The lowest BCUT2D eigenvalue weighted by molar-refractivity contribution is 0.980. The number of nitrogens with zero attached hydrogens (tertiary/aromatic N) is 3. The van der Waals surface area contributed by atoms with Crippen molar-refractivity contribution in [2.75, 3.05) is 5.73 Å². The number of nitrogens with two attached hydrogens (primary N) is 1. The van der Waals surface area contributed by atoms with Gasteiger partial charge in [-0.2, -0.15) is 4.52 Å². The smallest absolute Gasteiger partial charge is 0.192 e. The predicted octanol–water partition coefficient (Wildman–Crippen LogP) is 4.02. The first-order valence-electron chi connectivity index (χ1n) is 6.98. The highest BCUT2D eigenvalue weighted by Gasteiger charge is 2.11. The van der Waals surface area contributed by atoms with Crippen LogP contribution in [0, 0.1) is 6.92 Å². The Labute approximate surface area is 131 Å². The summed E-state index contributed by atoms with van der Waals surface area (Å²) in [6.07, 6.45) is 0. The third kappa shape index (κ3) is 2.16. The molecule has 108 valence electrons. The van der Waals surface area contributed by atoms with Crippen molar-refractivity contribution in [2.45, 2.75) is 6.92 Å². The topological polar surface area (TPSA) is 56.2 Å². The Morgan fingerprint density at radius 2 is 1.86 bits per heavy atom. The summed E-state index contributed by atoms with van der Waals surface area (Å²) in [7, 11) is 0. The molecule has 4 rings (SSSR count). The molecule has 0 saturated heterocycles. The van der Waals surface area contributed by atoms with E-state index in [0.29, 0.717) is 11.6 Å². The quantitative estimate of drug-likeness (QED) is 0.608. The van der Waals surface area contributed by atoms with Crippen LogP contribution < -0.4 is 5.73 Å². The SMILES string of the molecule is Cc1ccc(-c2cc(N)n3nc(-c4cccs4)nc3c2)cc1. The Kier molecular flexibility index (Phi) is 2.94. The summed E-state index contributed by atoms with van der Waals surface area (Å²) in [5.41, 5.74) is 10.3. The van der Waals surface area contributed by atoms with E-state index in [-0.39, 0.29) is 0 Å². The molecular weight excluding hydrogens is 292 g/mol. The molecule has 0 amide bonds. The minimum Gasteiger partial charge on any atom is -0.384 e. The summed E-state index contributed by atoms with van der Waals surface area (Å²) in [6.45, 7) is 2.08. The van der Waals surface area contributed by atoms with Crippen molar-refractivity contribution in [1.82, 2.24) is 14.6 Å². The molecule has 0 bridgehead atoms. The molecule has 3 aromatic heterocycles. The van der Waals surface area contributed by atoms with Crippen molar-refractivity contribution in [3.05, 3.63) is 59.5 Å². The van der Waals surface area contributed by atoms with E-state index in [1.165, 1.54) is 5.56 Å². The van der Waals surface area contributed by atoms with Crippen molar-refractivity contribution < 1.29 is 0 Å². The molecule has 0 atom stereocenters. The van der Waals surface area contributed by atoms with Crippen LogP contribution in [0.2, 0.25) is 0 Å². The van der Waals surface area contributed by atoms with Crippen LogP contribution in [0.25, 0.3) is 27.5 Å². The zero-order chi connectivity index (χ0) is 15.1. The second-order valence-corrected chi connectivity index (χ2v) is 6.17. The van der Waals surface area contributed by atoms with E-state index in [1.807, 2.05) is 29.6 Å². The number of hydrogen-bond acceptors (Lipinski definition) is 4. The fraction of sp³-hybridized carbons (Fsp3) is 0.0588. The maximum Gasteiger partial charge on any atom is 0.192 e. The summed E-state index contributed by atoms with van der Waals surface area (Å²) in [4.78, 5) is 5.64. The number of fused-ring (bicyclic) bond motifs is 1. The van der Waals surface area contributed by atoms with E-state index in [9.17, 15) is 0 Å². The first kappa shape index (κ1) is 13.0. The number of aryl methyl sites for hydroxylation is 1. The number of thiophene rings is 1. The van der Waals surface area contributed by atoms with Crippen molar-refractivity contribution in [3.63, 3.8) is 0 Å². The third-order valence-electron chi connectivity index (χ3n) is 3.59. The predicted molar refractivity (Wildman–Crippen MR) is 90.9 cm³/mol. The lowest BCUT2D eigenvalue weighted by Gasteiger charge is -2.05. The molecular formula is C17H14N4S. The van der Waals surface area contributed by atoms with Gasteiger partial charge in [-0.05, 0) is 41.6 Å². The van der Waals surface area contributed by atoms with Crippen LogP contribution in [-0.4, -0.2) is 14.6 Å². The van der Waals surface area contributed by atoms with Gasteiger partial charge in [-0.15, -0.1) is 16.4 Å². The molecule has 0 radical (unpaired) electrons. The van der Waals surface area contributed by atoms with Gasteiger partial charge in [0.2, 0.25) is 0 Å². The maximum absolute atomic E-state index is 6.15. The zero-order valence-corrected chi connectivity index (χ0v) is 12.8. The van der Waals surface area contributed by atoms with Crippen molar-refractivity contribution in [2.24, 2.45) is 0 Å². The van der Waals surface area contributed by atoms with Gasteiger partial charge in [-0.1, -0.05) is 35.9 Å². The molecule has 0 spiro atoms. The molecule has 0 aliphatic rings. The molecule has 0 unspecified atom stereocenters. The lowest BCUT2D eigenvalue weighted by atomic mass is 10.1. The first-order chi connectivity index (χ1) is 10.7. The van der Waals surface area contributed by atoms with Gasteiger partial charge < -0.3 is 5.73 Å². The molecule has 0 aliphatic carbocycles. The molecule has 2 N–H and O–H groups in total. The number of pyridine rings is 1. The van der Waals surface area contributed by atoms with Crippen LogP contribution in [0.5, 0.6) is 0 Å². The summed E-state index contributed by atoms with van der Waals surface area (Å²) < 4.78 is 1.69. The fourth-order valence-electron chi connectivity index (χ4n) is 2.43. The number of hydrogen-bond donors (Lipinski definition) is 1. The average molecular weight is 306 g/mol. The molecule has 22 heavy (non-hydrogen) atoms. The van der Waals surface area contributed by atoms with E-state index >= 15 is 0 Å². The van der Waals surface area contributed by atoms with Crippen molar-refractivity contribution >= 4 is 22.8 Å². The Morgan fingerprint density at radius 3 is 2.59 bits per heavy atom. The minimum absolute atomic E-state index is 0.586. The molecule has 0 aliphatic heterocycles. The van der Waals surface area contributed by atoms with Gasteiger partial charge in [-0.3, -0.25) is 0 Å². The largest absolute Gasteiger partial charge is 0.384 e. The first-order valence-corrected chi connectivity index (χ1v) is 7.86. The molecule has 4 nitrogen and oxygen atoms in total. The van der Waals surface area contributed by atoms with Gasteiger partial charge in [0.15, 0.2) is 11.5 Å². The number of aromatic nitrogens is 3. The average Bonchev–Trinajstić information content (AvgIpc) is 3.17. The summed E-state index contributed by atoms with van der Waals surface area (Å²) in [6, 6.07) is 16.3. The zero-order valence-electron chi connectivity index (χ0n) is 12.0. The van der Waals surface area contributed by atoms with Crippen LogP contribution in [-0.2, 0) is 0 Å². The Morgan fingerprint density at radius 1 is 1.05 bits per heavy atom. The standard InChI is InChI=1S/C17H14N4S/c1-11-4-6-12(7-5-11)13-9-15(18)21-16(10-13)19-17(20-21)14-3-2-8-22-14/h2-10H,18H2,1H3. The van der Waals surface area contributed by atoms with Gasteiger partial charge in [-0.25, -0.2) is 4.98 Å². The monoisotopic (exact) mass is 306 g/mol. The van der Waals surface area contributed by atoms with E-state index in [4.69, 9.17) is 5.73 Å².